The van der Waals surface area contributed by atoms with Crippen molar-refractivity contribution in [3.63, 3.8) is 0 Å². The lowest BCUT2D eigenvalue weighted by Gasteiger charge is -2.09. The van der Waals surface area contributed by atoms with Crippen LogP contribution in [-0.2, 0) is 13.1 Å². The number of aryl methyl sites for hydroxylation is 1. The maximum Gasteiger partial charge on any atom is 0.270 e. The van der Waals surface area contributed by atoms with Crippen molar-refractivity contribution in [3.05, 3.63) is 77.6 Å². The second-order valence-electron chi connectivity index (χ2n) is 5.48. The van der Waals surface area contributed by atoms with Crippen molar-refractivity contribution >= 4 is 11.9 Å². The highest BCUT2D eigenvalue weighted by molar-refractivity contribution is 5.92. The van der Waals surface area contributed by atoms with Gasteiger partial charge in [-0.15, -0.1) is 0 Å². The fraction of sp³-hybridized carbons (Fsp3) is 0.167. The topological polar surface area (TPSA) is 92.7 Å². The van der Waals surface area contributed by atoms with Crippen molar-refractivity contribution in [1.82, 2.24) is 25.3 Å². The third kappa shape index (κ3) is 4.81. The van der Waals surface area contributed by atoms with Crippen molar-refractivity contribution in [3.8, 4) is 0 Å². The van der Waals surface area contributed by atoms with Gasteiger partial charge in [0.2, 0.25) is 5.95 Å². The van der Waals surface area contributed by atoms with E-state index in [4.69, 9.17) is 0 Å². The average Bonchev–Trinajstić information content (AvgIpc) is 2.66. The molecule has 7 heteroatoms. The van der Waals surface area contributed by atoms with Gasteiger partial charge >= 0.3 is 0 Å². The van der Waals surface area contributed by atoms with E-state index in [-0.39, 0.29) is 5.91 Å². The minimum absolute atomic E-state index is 0.251. The van der Waals surface area contributed by atoms with Crippen LogP contribution in [0.15, 0.2) is 55.1 Å². The molecule has 25 heavy (non-hydrogen) atoms. The summed E-state index contributed by atoms with van der Waals surface area (Å²) < 4.78 is 0. The SMILES string of the molecule is Cc1cc(C(=O)NCc2cccnc2)nc(NCc2cccnc2)n1. The maximum atomic E-state index is 12.3. The third-order valence-electron chi connectivity index (χ3n) is 3.44. The van der Waals surface area contributed by atoms with Crippen LogP contribution >= 0.6 is 0 Å². The molecule has 1 amide bonds. The summed E-state index contributed by atoms with van der Waals surface area (Å²) in [5.74, 6) is 0.161. The summed E-state index contributed by atoms with van der Waals surface area (Å²) in [7, 11) is 0. The van der Waals surface area contributed by atoms with Crippen LogP contribution in [0.2, 0.25) is 0 Å². The normalized spacial score (nSPS) is 10.3. The predicted octanol–water partition coefficient (Wildman–Crippen LogP) is 2.12. The number of rotatable bonds is 6. The molecule has 0 aliphatic carbocycles. The van der Waals surface area contributed by atoms with E-state index in [9.17, 15) is 4.79 Å². The molecule has 0 fully saturated rings. The lowest BCUT2D eigenvalue weighted by molar-refractivity contribution is 0.0945. The van der Waals surface area contributed by atoms with Gasteiger partial charge in [-0.3, -0.25) is 14.8 Å². The molecule has 3 rings (SSSR count). The third-order valence-corrected chi connectivity index (χ3v) is 3.44. The van der Waals surface area contributed by atoms with Crippen molar-refractivity contribution in [2.45, 2.75) is 20.0 Å². The molecule has 3 heterocycles. The number of amides is 1. The zero-order chi connectivity index (χ0) is 17.5. The molecule has 0 aliphatic rings. The van der Waals surface area contributed by atoms with Gasteiger partial charge in [0.1, 0.15) is 5.69 Å². The molecule has 3 aromatic rings. The standard InChI is InChI=1S/C18H18N6O/c1-13-8-16(17(25)21-11-14-4-2-6-19-9-14)24-18(23-13)22-12-15-5-3-7-20-10-15/h2-10H,11-12H2,1H3,(H,21,25)(H,22,23,24). The lowest BCUT2D eigenvalue weighted by atomic mass is 10.2. The summed E-state index contributed by atoms with van der Waals surface area (Å²) in [5.41, 5.74) is 2.98. The molecular formula is C18H18N6O. The first-order valence-electron chi connectivity index (χ1n) is 7.86. The molecule has 0 aliphatic heterocycles. The Bertz CT molecular complexity index is 839. The number of hydrogen-bond acceptors (Lipinski definition) is 6. The van der Waals surface area contributed by atoms with Gasteiger partial charge < -0.3 is 10.6 Å². The first-order valence-corrected chi connectivity index (χ1v) is 7.86. The number of carbonyl (C=O) groups excluding carboxylic acids is 1. The number of aromatic nitrogens is 4. The molecule has 0 unspecified atom stereocenters. The number of pyridine rings is 2. The minimum Gasteiger partial charge on any atom is -0.350 e. The zero-order valence-electron chi connectivity index (χ0n) is 13.8. The molecule has 2 N–H and O–H groups in total. The van der Waals surface area contributed by atoms with E-state index in [0.717, 1.165) is 16.8 Å². The Kier molecular flexibility index (Phi) is 5.26. The number of carbonyl (C=O) groups is 1. The molecule has 0 bridgehead atoms. The van der Waals surface area contributed by atoms with Gasteiger partial charge in [0.05, 0.1) is 0 Å². The second kappa shape index (κ2) is 7.96. The molecular weight excluding hydrogens is 316 g/mol. The van der Waals surface area contributed by atoms with E-state index < -0.39 is 0 Å². The fourth-order valence-electron chi connectivity index (χ4n) is 2.22. The number of hydrogen-bond donors (Lipinski definition) is 2. The number of nitrogens with one attached hydrogen (secondary N) is 2. The van der Waals surface area contributed by atoms with Crippen molar-refractivity contribution < 1.29 is 4.79 Å². The molecule has 0 saturated carbocycles. The molecule has 0 spiro atoms. The van der Waals surface area contributed by atoms with Gasteiger partial charge in [-0.2, -0.15) is 0 Å². The van der Waals surface area contributed by atoms with Crippen LogP contribution in [0.25, 0.3) is 0 Å². The Labute approximate surface area is 145 Å². The van der Waals surface area contributed by atoms with E-state index >= 15 is 0 Å². The summed E-state index contributed by atoms with van der Waals surface area (Å²) in [6.45, 7) is 2.76. The molecule has 7 nitrogen and oxygen atoms in total. The van der Waals surface area contributed by atoms with Gasteiger partial charge in [0, 0.05) is 43.6 Å². The van der Waals surface area contributed by atoms with Crippen LogP contribution in [0.3, 0.4) is 0 Å². The van der Waals surface area contributed by atoms with E-state index in [0.29, 0.717) is 24.7 Å². The average molecular weight is 334 g/mol. The summed E-state index contributed by atoms with van der Waals surface area (Å²) in [6, 6.07) is 9.22. The molecule has 0 radical (unpaired) electrons. The highest BCUT2D eigenvalue weighted by atomic mass is 16.1. The van der Waals surface area contributed by atoms with Crippen molar-refractivity contribution in [2.24, 2.45) is 0 Å². The van der Waals surface area contributed by atoms with Gasteiger partial charge in [-0.05, 0) is 36.2 Å². The van der Waals surface area contributed by atoms with Gasteiger partial charge in [0.15, 0.2) is 0 Å². The first-order chi connectivity index (χ1) is 12.2. The van der Waals surface area contributed by atoms with Crippen molar-refractivity contribution in [2.75, 3.05) is 5.32 Å². The van der Waals surface area contributed by atoms with Crippen LogP contribution in [0, 0.1) is 6.92 Å². The van der Waals surface area contributed by atoms with Gasteiger partial charge in [0.25, 0.3) is 5.91 Å². The summed E-state index contributed by atoms with van der Waals surface area (Å²) in [4.78, 5) is 29.0. The highest BCUT2D eigenvalue weighted by Crippen LogP contribution is 2.07. The van der Waals surface area contributed by atoms with Crippen molar-refractivity contribution in [1.29, 1.82) is 0 Å². The Hall–Kier alpha value is -3.35. The lowest BCUT2D eigenvalue weighted by Crippen LogP contribution is -2.24. The molecule has 126 valence electrons. The highest BCUT2D eigenvalue weighted by Gasteiger charge is 2.10. The van der Waals surface area contributed by atoms with Crippen LogP contribution in [0.4, 0.5) is 5.95 Å². The number of anilines is 1. The van der Waals surface area contributed by atoms with Crippen LogP contribution in [-0.4, -0.2) is 25.8 Å². The Morgan fingerprint density at radius 3 is 2.32 bits per heavy atom. The van der Waals surface area contributed by atoms with Gasteiger partial charge in [-0.25, -0.2) is 9.97 Å². The monoisotopic (exact) mass is 334 g/mol. The van der Waals surface area contributed by atoms with Crippen LogP contribution in [0.5, 0.6) is 0 Å². The quantitative estimate of drug-likeness (QED) is 0.717. The van der Waals surface area contributed by atoms with E-state index in [1.807, 2.05) is 31.2 Å². The summed E-state index contributed by atoms with van der Waals surface area (Å²) >= 11 is 0. The Morgan fingerprint density at radius 1 is 1.00 bits per heavy atom. The maximum absolute atomic E-state index is 12.3. The van der Waals surface area contributed by atoms with E-state index in [1.165, 1.54) is 0 Å². The van der Waals surface area contributed by atoms with E-state index in [1.54, 1.807) is 30.9 Å². The predicted molar refractivity (Wildman–Crippen MR) is 93.7 cm³/mol. The minimum atomic E-state index is -0.251. The Balaban J connectivity index is 1.65. The molecule has 0 aromatic carbocycles. The smallest absolute Gasteiger partial charge is 0.270 e. The van der Waals surface area contributed by atoms with Crippen LogP contribution < -0.4 is 10.6 Å². The molecule has 0 atom stereocenters. The number of nitrogens with zero attached hydrogens (tertiary/aromatic N) is 4. The molecule has 3 aromatic heterocycles. The molecule has 0 saturated heterocycles. The second-order valence-corrected chi connectivity index (χ2v) is 5.48. The largest absolute Gasteiger partial charge is 0.350 e. The van der Waals surface area contributed by atoms with E-state index in [2.05, 4.69) is 30.6 Å². The Morgan fingerprint density at radius 2 is 1.68 bits per heavy atom. The summed E-state index contributed by atoms with van der Waals surface area (Å²) in [6.07, 6.45) is 6.90. The van der Waals surface area contributed by atoms with Crippen LogP contribution in [0.1, 0.15) is 27.3 Å². The fourth-order valence-corrected chi connectivity index (χ4v) is 2.22. The van der Waals surface area contributed by atoms with Gasteiger partial charge in [-0.1, -0.05) is 12.1 Å². The first kappa shape index (κ1) is 16.5. The zero-order valence-corrected chi connectivity index (χ0v) is 13.8. The summed E-state index contributed by atoms with van der Waals surface area (Å²) in [5, 5.41) is 5.96.